The van der Waals surface area contributed by atoms with Crippen molar-refractivity contribution in [2.75, 3.05) is 17.2 Å². The van der Waals surface area contributed by atoms with Gasteiger partial charge in [0.15, 0.2) is 5.69 Å². The first-order valence-corrected chi connectivity index (χ1v) is 10.3. The Morgan fingerprint density at radius 3 is 2.36 bits per heavy atom. The van der Waals surface area contributed by atoms with Gasteiger partial charge < -0.3 is 10.6 Å². The molecule has 1 saturated carbocycles. The van der Waals surface area contributed by atoms with Crippen LogP contribution in [0.15, 0.2) is 46.6 Å². The van der Waals surface area contributed by atoms with Crippen molar-refractivity contribution >= 4 is 34.3 Å². The van der Waals surface area contributed by atoms with E-state index in [9.17, 15) is 30.3 Å². The molecule has 1 fully saturated rings. The van der Waals surface area contributed by atoms with Crippen LogP contribution >= 0.6 is 0 Å². The van der Waals surface area contributed by atoms with Crippen molar-refractivity contribution in [3.63, 3.8) is 0 Å². The van der Waals surface area contributed by atoms with Gasteiger partial charge in [0, 0.05) is 11.7 Å². The average Bonchev–Trinajstić information content (AvgIpc) is 2.80. The molecule has 0 saturated heterocycles. The molecule has 1 aliphatic rings. The maximum Gasteiger partial charge on any atom is 0.305 e. The minimum atomic E-state index is -0.864. The summed E-state index contributed by atoms with van der Waals surface area (Å²) in [6.45, 7) is -0.459. The maximum absolute atomic E-state index is 12.1. The number of rotatable bonds is 8. The van der Waals surface area contributed by atoms with Crippen molar-refractivity contribution in [2.45, 2.75) is 38.1 Å². The molecule has 1 amide bonds. The van der Waals surface area contributed by atoms with Gasteiger partial charge in [0.05, 0.1) is 15.9 Å². The Morgan fingerprint density at radius 1 is 1.09 bits per heavy atom. The summed E-state index contributed by atoms with van der Waals surface area (Å²) in [7, 11) is 0. The first-order valence-electron chi connectivity index (χ1n) is 10.3. The number of azo groups is 1. The van der Waals surface area contributed by atoms with Crippen LogP contribution in [-0.2, 0) is 4.79 Å². The molecule has 0 unspecified atom stereocenters. The number of carbonyl (C=O) groups is 1. The number of nitro benzene ring substituents is 2. The van der Waals surface area contributed by atoms with E-state index in [0.717, 1.165) is 38.2 Å². The zero-order chi connectivity index (χ0) is 23.8. The highest BCUT2D eigenvalue weighted by atomic mass is 16.6. The lowest BCUT2D eigenvalue weighted by Crippen LogP contribution is -2.23. The summed E-state index contributed by atoms with van der Waals surface area (Å²) in [5.41, 5.74) is -1.68. The van der Waals surface area contributed by atoms with E-state index in [1.165, 1.54) is 0 Å². The summed E-state index contributed by atoms with van der Waals surface area (Å²) in [5.74, 6) is -0.520. The van der Waals surface area contributed by atoms with Gasteiger partial charge in [-0.3, -0.25) is 25.0 Å². The molecule has 33 heavy (non-hydrogen) atoms. The van der Waals surface area contributed by atoms with Crippen molar-refractivity contribution in [3.8, 4) is 6.07 Å². The number of nitrogens with one attached hydrogen (secondary N) is 2. The normalized spacial score (nSPS) is 13.9. The SMILES string of the molecule is N#Cc1c(N=NCC(=O)Nc2ccccc2)c([N+](=O)[O-])cc([N+](=O)[O-])c1NC1CCCCC1. The number of nitro groups is 2. The van der Waals surface area contributed by atoms with Crippen LogP contribution in [0.2, 0.25) is 0 Å². The fourth-order valence-corrected chi connectivity index (χ4v) is 3.63. The van der Waals surface area contributed by atoms with E-state index in [2.05, 4.69) is 20.9 Å². The third-order valence-corrected chi connectivity index (χ3v) is 5.16. The molecule has 170 valence electrons. The molecule has 2 N–H and O–H groups in total. The van der Waals surface area contributed by atoms with Crippen molar-refractivity contribution < 1.29 is 14.6 Å². The molecular formula is C21H21N7O5. The van der Waals surface area contributed by atoms with E-state index in [1.54, 1.807) is 36.4 Å². The summed E-state index contributed by atoms with van der Waals surface area (Å²) in [6.07, 6.45) is 4.44. The van der Waals surface area contributed by atoms with Gasteiger partial charge in [-0.15, -0.1) is 5.11 Å². The Bertz CT molecular complexity index is 1120. The zero-order valence-electron chi connectivity index (χ0n) is 17.6. The van der Waals surface area contributed by atoms with Crippen molar-refractivity contribution in [1.29, 1.82) is 5.26 Å². The van der Waals surface area contributed by atoms with Gasteiger partial charge in [0.2, 0.25) is 5.91 Å². The molecule has 0 heterocycles. The highest BCUT2D eigenvalue weighted by Crippen LogP contribution is 2.43. The van der Waals surface area contributed by atoms with Crippen LogP contribution < -0.4 is 10.6 Å². The molecule has 0 atom stereocenters. The van der Waals surface area contributed by atoms with Gasteiger partial charge >= 0.3 is 11.4 Å². The second-order valence-electron chi connectivity index (χ2n) is 7.43. The lowest BCUT2D eigenvalue weighted by molar-refractivity contribution is -0.393. The first-order chi connectivity index (χ1) is 15.9. The van der Waals surface area contributed by atoms with Gasteiger partial charge in [-0.25, -0.2) is 0 Å². The Labute approximate surface area is 188 Å². The number of nitriles is 1. The van der Waals surface area contributed by atoms with E-state index in [4.69, 9.17) is 0 Å². The number of hydrogen-bond acceptors (Lipinski definition) is 9. The van der Waals surface area contributed by atoms with Gasteiger partial charge in [-0.05, 0) is 25.0 Å². The lowest BCUT2D eigenvalue weighted by Gasteiger charge is -2.24. The van der Waals surface area contributed by atoms with Crippen LogP contribution in [0.4, 0.5) is 28.4 Å². The van der Waals surface area contributed by atoms with E-state index >= 15 is 0 Å². The van der Waals surface area contributed by atoms with Crippen LogP contribution in [0.25, 0.3) is 0 Å². The molecule has 1 aliphatic carbocycles. The van der Waals surface area contributed by atoms with Crippen molar-refractivity contribution in [3.05, 3.63) is 62.2 Å². The summed E-state index contributed by atoms with van der Waals surface area (Å²) in [5, 5.41) is 46.0. The lowest BCUT2D eigenvalue weighted by atomic mass is 9.94. The third-order valence-electron chi connectivity index (χ3n) is 5.16. The van der Waals surface area contributed by atoms with Gasteiger partial charge in [-0.2, -0.15) is 10.4 Å². The maximum atomic E-state index is 12.1. The molecule has 0 spiro atoms. The largest absolute Gasteiger partial charge is 0.376 e. The van der Waals surface area contributed by atoms with Crippen LogP contribution in [-0.4, -0.2) is 28.3 Å². The van der Waals surface area contributed by atoms with E-state index in [0.29, 0.717) is 5.69 Å². The molecule has 0 aromatic heterocycles. The number of benzene rings is 2. The molecule has 2 aromatic rings. The zero-order valence-corrected chi connectivity index (χ0v) is 17.6. The number of hydrogen-bond donors (Lipinski definition) is 2. The average molecular weight is 451 g/mol. The van der Waals surface area contributed by atoms with E-state index < -0.39 is 39.4 Å². The summed E-state index contributed by atoms with van der Waals surface area (Å²) < 4.78 is 0. The smallest absolute Gasteiger partial charge is 0.305 e. The molecule has 0 radical (unpaired) electrons. The number of nitrogens with zero attached hydrogens (tertiary/aromatic N) is 5. The van der Waals surface area contributed by atoms with Crippen molar-refractivity contribution in [2.24, 2.45) is 10.2 Å². The number of amides is 1. The second kappa shape index (κ2) is 10.8. The topological polar surface area (TPSA) is 176 Å². The highest BCUT2D eigenvalue weighted by molar-refractivity contribution is 5.92. The van der Waals surface area contributed by atoms with E-state index in [1.807, 2.05) is 0 Å². The molecular weight excluding hydrogens is 430 g/mol. The van der Waals surface area contributed by atoms with Crippen LogP contribution in [0, 0.1) is 31.6 Å². The standard InChI is InChI=1S/C21H21N7O5/c22-12-16-20(25-15-9-5-2-6-10-15)17(27(30)31)11-18(28(32)33)21(16)26-23-13-19(29)24-14-7-3-1-4-8-14/h1,3-4,7-8,11,15,25H,2,5-6,9-10,13H2,(H,24,29). The quantitative estimate of drug-likeness (QED) is 0.327. The summed E-state index contributed by atoms with van der Waals surface area (Å²) >= 11 is 0. The van der Waals surface area contributed by atoms with Crippen LogP contribution in [0.1, 0.15) is 37.7 Å². The Kier molecular flexibility index (Phi) is 7.59. The van der Waals surface area contributed by atoms with E-state index in [-0.39, 0.29) is 17.3 Å². The van der Waals surface area contributed by atoms with Gasteiger partial charge in [0.25, 0.3) is 0 Å². The fourth-order valence-electron chi connectivity index (χ4n) is 3.63. The molecule has 12 heteroatoms. The highest BCUT2D eigenvalue weighted by Gasteiger charge is 2.32. The Balaban J connectivity index is 1.94. The van der Waals surface area contributed by atoms with Crippen LogP contribution in [0.3, 0.4) is 0 Å². The number of carbonyl (C=O) groups excluding carboxylic acids is 1. The fraction of sp³-hybridized carbons (Fsp3) is 0.333. The minimum absolute atomic E-state index is 0.104. The van der Waals surface area contributed by atoms with Crippen LogP contribution in [0.5, 0.6) is 0 Å². The molecule has 2 aromatic carbocycles. The molecule has 12 nitrogen and oxygen atoms in total. The second-order valence-corrected chi connectivity index (χ2v) is 7.43. The monoisotopic (exact) mass is 451 g/mol. The van der Waals surface area contributed by atoms with Gasteiger partial charge in [0.1, 0.15) is 23.9 Å². The van der Waals surface area contributed by atoms with Crippen molar-refractivity contribution in [1.82, 2.24) is 0 Å². The summed E-state index contributed by atoms with van der Waals surface area (Å²) in [6, 6.07) is 11.1. The predicted molar refractivity (Wildman–Crippen MR) is 119 cm³/mol. The number of anilines is 2. The third kappa shape index (κ3) is 5.85. The first kappa shape index (κ1) is 23.3. The Hall–Kier alpha value is -4.40. The predicted octanol–water partition coefficient (Wildman–Crippen LogP) is 4.84. The Morgan fingerprint density at radius 2 is 1.76 bits per heavy atom. The van der Waals surface area contributed by atoms with Gasteiger partial charge in [-0.1, -0.05) is 37.5 Å². The molecule has 3 rings (SSSR count). The molecule has 0 bridgehead atoms. The summed E-state index contributed by atoms with van der Waals surface area (Å²) in [4.78, 5) is 33.6. The minimum Gasteiger partial charge on any atom is -0.376 e. The number of para-hydroxylation sites is 1. The molecule has 0 aliphatic heterocycles.